The number of hydrogen-bond acceptors (Lipinski definition) is 5. The molecule has 2 N–H and O–H groups in total. The zero-order chi connectivity index (χ0) is 22.7. The molecule has 166 valence electrons. The van der Waals surface area contributed by atoms with Gasteiger partial charge >= 0.3 is 0 Å². The number of nitrogens with one attached hydrogen (secondary N) is 1. The number of aromatic hydroxyl groups is 1. The molecule has 4 rings (SSSR count). The van der Waals surface area contributed by atoms with Gasteiger partial charge in [-0.05, 0) is 48.9 Å². The lowest BCUT2D eigenvalue weighted by Crippen LogP contribution is -2.33. The summed E-state index contributed by atoms with van der Waals surface area (Å²) < 4.78 is 13.2. The molecule has 1 aliphatic heterocycles. The fourth-order valence-electron chi connectivity index (χ4n) is 3.92. The maximum absolute atomic E-state index is 10.9. The highest BCUT2D eigenvalue weighted by atomic mass is 79.9. The minimum Gasteiger partial charge on any atom is -0.504 e. The Balaban J connectivity index is 1.81. The van der Waals surface area contributed by atoms with Crippen LogP contribution in [-0.2, 0) is 0 Å². The lowest BCUT2D eigenvalue weighted by Gasteiger charge is -2.32. The Hall–Kier alpha value is -2.35. The summed E-state index contributed by atoms with van der Waals surface area (Å²) in [6.45, 7) is 2.39. The highest BCUT2D eigenvalue weighted by Gasteiger charge is 2.30. The van der Waals surface area contributed by atoms with Crippen molar-refractivity contribution in [3.63, 3.8) is 0 Å². The van der Waals surface area contributed by atoms with Gasteiger partial charge in [-0.2, -0.15) is 0 Å². The number of halogens is 2. The Kier molecular flexibility index (Phi) is 7.18. The summed E-state index contributed by atoms with van der Waals surface area (Å²) in [6.07, 6.45) is 0.261. The first-order valence-corrected chi connectivity index (χ1v) is 12.0. The highest BCUT2D eigenvalue weighted by molar-refractivity contribution is 9.10. The predicted molar refractivity (Wildman–Crippen MR) is 134 cm³/mol. The van der Waals surface area contributed by atoms with Gasteiger partial charge in [0.1, 0.15) is 11.9 Å². The first-order chi connectivity index (χ1) is 15.5. The monoisotopic (exact) mass is 558 g/mol. The van der Waals surface area contributed by atoms with E-state index in [9.17, 15) is 5.11 Å². The average molecular weight is 560 g/mol. The molecule has 32 heavy (non-hydrogen) atoms. The fourth-order valence-corrected chi connectivity index (χ4v) is 4.70. The molecule has 3 aromatic carbocycles. The summed E-state index contributed by atoms with van der Waals surface area (Å²) in [5, 5.41) is 14.5. The topological polar surface area (TPSA) is 63.1 Å². The molecule has 3 aromatic rings. The van der Waals surface area contributed by atoms with E-state index in [4.69, 9.17) is 14.5 Å². The number of hydrogen-bond donors (Lipinski definition) is 2. The van der Waals surface area contributed by atoms with Crippen molar-refractivity contribution in [2.75, 3.05) is 13.7 Å². The summed E-state index contributed by atoms with van der Waals surface area (Å²) in [7, 11) is 1.66. The van der Waals surface area contributed by atoms with Crippen molar-refractivity contribution in [1.82, 2.24) is 5.32 Å². The lowest BCUT2D eigenvalue weighted by molar-refractivity contribution is 0.313. The second-order valence-electron chi connectivity index (χ2n) is 7.43. The van der Waals surface area contributed by atoms with Crippen LogP contribution in [0, 0.1) is 0 Å². The Labute approximate surface area is 204 Å². The molecule has 1 aliphatic rings. The Bertz CT molecular complexity index is 1150. The molecule has 5 nitrogen and oxygen atoms in total. The van der Waals surface area contributed by atoms with Crippen LogP contribution in [-0.4, -0.2) is 24.5 Å². The molecule has 0 aromatic heterocycles. The summed E-state index contributed by atoms with van der Waals surface area (Å²) in [5.41, 5.74) is 3.67. The molecule has 0 unspecified atom stereocenters. The zero-order valence-electron chi connectivity index (χ0n) is 17.8. The number of phenolic OH excluding ortho intramolecular Hbond substituents is 1. The average Bonchev–Trinajstić information content (AvgIpc) is 2.80. The van der Waals surface area contributed by atoms with Crippen molar-refractivity contribution in [3.05, 3.63) is 86.3 Å². The first kappa shape index (κ1) is 22.8. The molecular formula is C25H24Br2N2O3. The number of nitrogens with zero attached hydrogens (tertiary/aromatic N) is 1. The second-order valence-corrected chi connectivity index (χ2v) is 9.26. The van der Waals surface area contributed by atoms with Gasteiger partial charge in [0.05, 0.1) is 13.7 Å². The summed E-state index contributed by atoms with van der Waals surface area (Å²) in [6, 6.07) is 19.4. The SMILES string of the molecule is CCOc1cccc([C@H]2CC(c3cccc(Br)c3)=N[C@@H](c3cc(Br)ccc3OC)N2)c1O. The van der Waals surface area contributed by atoms with Crippen LogP contribution in [0.3, 0.4) is 0 Å². The van der Waals surface area contributed by atoms with Gasteiger partial charge in [-0.3, -0.25) is 10.3 Å². The van der Waals surface area contributed by atoms with E-state index in [2.05, 4.69) is 49.3 Å². The van der Waals surface area contributed by atoms with Crippen LogP contribution in [0.1, 0.15) is 42.2 Å². The normalized spacial score (nSPS) is 18.2. The van der Waals surface area contributed by atoms with Crippen LogP contribution in [0.2, 0.25) is 0 Å². The van der Waals surface area contributed by atoms with Crippen molar-refractivity contribution in [2.45, 2.75) is 25.6 Å². The smallest absolute Gasteiger partial charge is 0.162 e. The van der Waals surface area contributed by atoms with Gasteiger partial charge in [0.15, 0.2) is 11.5 Å². The molecule has 1 heterocycles. The zero-order valence-corrected chi connectivity index (χ0v) is 21.0. The molecule has 7 heteroatoms. The summed E-state index contributed by atoms with van der Waals surface area (Å²) in [4.78, 5) is 5.05. The van der Waals surface area contributed by atoms with E-state index in [0.29, 0.717) is 18.8 Å². The van der Waals surface area contributed by atoms with Gasteiger partial charge in [-0.1, -0.05) is 56.1 Å². The number of phenols is 1. The van der Waals surface area contributed by atoms with Gasteiger partial charge in [-0.25, -0.2) is 0 Å². The van der Waals surface area contributed by atoms with Crippen molar-refractivity contribution < 1.29 is 14.6 Å². The minimum atomic E-state index is -0.356. The predicted octanol–water partition coefficient (Wildman–Crippen LogP) is 6.55. The van der Waals surface area contributed by atoms with Gasteiger partial charge in [0.25, 0.3) is 0 Å². The fraction of sp³-hybridized carbons (Fsp3) is 0.240. The molecule has 2 atom stereocenters. The maximum atomic E-state index is 10.9. The number of rotatable bonds is 6. The van der Waals surface area contributed by atoms with Crippen LogP contribution >= 0.6 is 31.9 Å². The third-order valence-electron chi connectivity index (χ3n) is 5.39. The minimum absolute atomic E-state index is 0.155. The standard InChI is InChI=1S/C25H24Br2N2O3/c1-3-32-23-9-5-8-18(24(23)30)21-14-20(15-6-4-7-16(26)12-15)28-25(29-21)19-13-17(27)10-11-22(19)31-2/h4-13,21,25,29-30H,3,14H2,1-2H3/t21-,25-/m1/s1. The third-order valence-corrected chi connectivity index (χ3v) is 6.38. The molecule has 0 aliphatic carbocycles. The van der Waals surface area contributed by atoms with Crippen molar-refractivity contribution in [1.29, 1.82) is 0 Å². The van der Waals surface area contributed by atoms with Crippen molar-refractivity contribution >= 4 is 37.6 Å². The molecular weight excluding hydrogens is 536 g/mol. The molecule has 0 fully saturated rings. The molecule has 0 amide bonds. The third kappa shape index (κ3) is 4.85. The van der Waals surface area contributed by atoms with Crippen LogP contribution < -0.4 is 14.8 Å². The van der Waals surface area contributed by atoms with Crippen LogP contribution in [0.4, 0.5) is 0 Å². The van der Waals surface area contributed by atoms with Gasteiger partial charge in [0, 0.05) is 38.2 Å². The number of ether oxygens (including phenoxy) is 2. The van der Waals surface area contributed by atoms with Crippen LogP contribution in [0.5, 0.6) is 17.2 Å². The Morgan fingerprint density at radius 2 is 1.78 bits per heavy atom. The highest BCUT2D eigenvalue weighted by Crippen LogP contribution is 2.40. The van der Waals surface area contributed by atoms with E-state index >= 15 is 0 Å². The number of methoxy groups -OCH3 is 1. The van der Waals surface area contributed by atoms with Gasteiger partial charge in [-0.15, -0.1) is 0 Å². The quantitative estimate of drug-likeness (QED) is 0.359. The van der Waals surface area contributed by atoms with Crippen LogP contribution in [0.15, 0.2) is 74.6 Å². The number of para-hydroxylation sites is 1. The summed E-state index contributed by atoms with van der Waals surface area (Å²) in [5.74, 6) is 1.38. The van der Waals surface area contributed by atoms with E-state index in [-0.39, 0.29) is 18.0 Å². The number of aliphatic imine (C=N–C) groups is 1. The van der Waals surface area contributed by atoms with Gasteiger partial charge in [0.2, 0.25) is 0 Å². The molecule has 0 spiro atoms. The molecule has 0 radical (unpaired) electrons. The number of benzene rings is 3. The van der Waals surface area contributed by atoms with E-state index in [1.807, 2.05) is 49.4 Å². The van der Waals surface area contributed by atoms with E-state index in [0.717, 1.165) is 37.1 Å². The van der Waals surface area contributed by atoms with Crippen molar-refractivity contribution in [2.24, 2.45) is 4.99 Å². The molecule has 0 saturated carbocycles. The van der Waals surface area contributed by atoms with Crippen LogP contribution in [0.25, 0.3) is 0 Å². The van der Waals surface area contributed by atoms with E-state index < -0.39 is 0 Å². The van der Waals surface area contributed by atoms with E-state index in [1.54, 1.807) is 13.2 Å². The molecule has 0 bridgehead atoms. The van der Waals surface area contributed by atoms with Gasteiger partial charge < -0.3 is 14.6 Å². The Morgan fingerprint density at radius 1 is 1.00 bits per heavy atom. The first-order valence-electron chi connectivity index (χ1n) is 10.4. The van der Waals surface area contributed by atoms with E-state index in [1.165, 1.54) is 0 Å². The van der Waals surface area contributed by atoms with Crippen molar-refractivity contribution in [3.8, 4) is 17.2 Å². The Morgan fingerprint density at radius 3 is 2.53 bits per heavy atom. The largest absolute Gasteiger partial charge is 0.504 e. The maximum Gasteiger partial charge on any atom is 0.162 e. The summed E-state index contributed by atoms with van der Waals surface area (Å²) >= 11 is 7.13. The lowest BCUT2D eigenvalue weighted by atomic mass is 9.93. The molecule has 0 saturated heterocycles. The second kappa shape index (κ2) is 10.1.